The second kappa shape index (κ2) is 2.81. The Bertz CT molecular complexity index is 347. The molecule has 0 bridgehead atoms. The van der Waals surface area contributed by atoms with Gasteiger partial charge >= 0.3 is 0 Å². The lowest BCUT2D eigenvalue weighted by atomic mass is 10.3. The quantitative estimate of drug-likeness (QED) is 0.693. The van der Waals surface area contributed by atoms with Crippen LogP contribution >= 0.6 is 0 Å². The highest BCUT2D eigenvalue weighted by Gasteiger charge is 1.98. The van der Waals surface area contributed by atoms with E-state index in [1.807, 2.05) is 19.3 Å². The van der Waals surface area contributed by atoms with Crippen molar-refractivity contribution in [3.63, 3.8) is 0 Å². The van der Waals surface area contributed by atoms with E-state index >= 15 is 0 Å². The minimum Gasteiger partial charge on any atom is -0.348 e. The normalized spacial score (nSPS) is 10.4. The van der Waals surface area contributed by atoms with Crippen LogP contribution in [0.15, 0.2) is 18.7 Å². The van der Waals surface area contributed by atoms with Gasteiger partial charge in [-0.3, -0.25) is 0 Å². The average Bonchev–Trinajstić information content (AvgIpc) is 2.63. The minimum absolute atomic E-state index is 0.834. The molecule has 0 unspecified atom stereocenters. The molecule has 0 spiro atoms. The van der Waals surface area contributed by atoms with Gasteiger partial charge in [-0.05, 0) is 6.92 Å². The molecule has 62 valence electrons. The van der Waals surface area contributed by atoms with Crippen LogP contribution in [0, 0.1) is 6.92 Å². The first kappa shape index (κ1) is 7.09. The molecule has 2 aromatic rings. The molecule has 0 aromatic carbocycles. The molecule has 2 heterocycles. The van der Waals surface area contributed by atoms with Gasteiger partial charge in [0, 0.05) is 30.2 Å². The monoisotopic (exact) mass is 162 g/mol. The number of nitrogens with zero attached hydrogens (tertiary/aromatic N) is 2. The summed E-state index contributed by atoms with van der Waals surface area (Å²) in [5.41, 5.74) is 2.20. The van der Waals surface area contributed by atoms with E-state index in [1.54, 1.807) is 6.33 Å². The Morgan fingerprint density at radius 3 is 2.83 bits per heavy atom. The molecule has 0 atom stereocenters. The van der Waals surface area contributed by atoms with Gasteiger partial charge in [-0.25, -0.2) is 9.97 Å². The van der Waals surface area contributed by atoms with Crippen molar-refractivity contribution in [1.29, 1.82) is 0 Å². The van der Waals surface area contributed by atoms with E-state index < -0.39 is 0 Å². The number of rotatable bonds is 2. The van der Waals surface area contributed by atoms with Crippen LogP contribution < -0.4 is 0 Å². The summed E-state index contributed by atoms with van der Waals surface area (Å²) in [4.78, 5) is 14.2. The maximum Gasteiger partial charge on any atom is 0.103 e. The summed E-state index contributed by atoms with van der Waals surface area (Å²) in [5.74, 6) is 0.949. The number of aryl methyl sites for hydroxylation is 1. The third kappa shape index (κ3) is 1.37. The van der Waals surface area contributed by atoms with Gasteiger partial charge in [-0.1, -0.05) is 0 Å². The molecular formula is C8H10N4. The molecule has 2 rings (SSSR count). The summed E-state index contributed by atoms with van der Waals surface area (Å²) in [6.45, 7) is 1.94. The first-order valence-electron chi connectivity index (χ1n) is 3.82. The lowest BCUT2D eigenvalue weighted by Crippen LogP contribution is -1.87. The second-order valence-corrected chi connectivity index (χ2v) is 2.75. The number of nitrogens with one attached hydrogen (secondary N) is 2. The number of hydrogen-bond acceptors (Lipinski definition) is 2. The Labute approximate surface area is 70.1 Å². The highest BCUT2D eigenvalue weighted by atomic mass is 14.9. The highest BCUT2D eigenvalue weighted by Crippen LogP contribution is 2.02. The fourth-order valence-corrected chi connectivity index (χ4v) is 1.15. The van der Waals surface area contributed by atoms with Crippen molar-refractivity contribution in [2.75, 3.05) is 0 Å². The van der Waals surface area contributed by atoms with E-state index in [0.717, 1.165) is 23.6 Å². The van der Waals surface area contributed by atoms with Crippen LogP contribution in [0.1, 0.15) is 17.2 Å². The zero-order valence-corrected chi connectivity index (χ0v) is 6.83. The number of hydrogen-bond donors (Lipinski definition) is 2. The molecule has 4 nitrogen and oxygen atoms in total. The maximum atomic E-state index is 4.11. The summed E-state index contributed by atoms with van der Waals surface area (Å²) in [6.07, 6.45) is 6.17. The summed E-state index contributed by atoms with van der Waals surface area (Å²) in [6, 6.07) is 0. The van der Waals surface area contributed by atoms with Crippen LogP contribution in [-0.4, -0.2) is 19.9 Å². The van der Waals surface area contributed by atoms with E-state index in [4.69, 9.17) is 0 Å². The fourth-order valence-electron chi connectivity index (χ4n) is 1.15. The summed E-state index contributed by atoms with van der Waals surface area (Å²) < 4.78 is 0. The van der Waals surface area contributed by atoms with Crippen molar-refractivity contribution in [2.45, 2.75) is 13.3 Å². The molecular weight excluding hydrogens is 152 g/mol. The van der Waals surface area contributed by atoms with Crippen molar-refractivity contribution in [1.82, 2.24) is 19.9 Å². The van der Waals surface area contributed by atoms with Crippen LogP contribution in [0.25, 0.3) is 0 Å². The zero-order valence-electron chi connectivity index (χ0n) is 6.83. The van der Waals surface area contributed by atoms with E-state index in [-0.39, 0.29) is 0 Å². The van der Waals surface area contributed by atoms with Gasteiger partial charge in [0.2, 0.25) is 0 Å². The van der Waals surface area contributed by atoms with Gasteiger partial charge in [0.15, 0.2) is 0 Å². The first-order valence-corrected chi connectivity index (χ1v) is 3.82. The molecule has 0 aliphatic rings. The molecule has 4 heteroatoms. The largest absolute Gasteiger partial charge is 0.348 e. The molecule has 0 saturated carbocycles. The molecule has 2 aromatic heterocycles. The van der Waals surface area contributed by atoms with E-state index in [0.29, 0.717) is 0 Å². The van der Waals surface area contributed by atoms with Crippen LogP contribution in [0.3, 0.4) is 0 Å². The third-order valence-corrected chi connectivity index (χ3v) is 1.69. The summed E-state index contributed by atoms with van der Waals surface area (Å²) in [5, 5.41) is 0. The highest BCUT2D eigenvalue weighted by molar-refractivity contribution is 5.10. The number of imidazole rings is 2. The minimum atomic E-state index is 0.834. The molecule has 0 aliphatic carbocycles. The lowest BCUT2D eigenvalue weighted by Gasteiger charge is -1.91. The lowest BCUT2D eigenvalue weighted by molar-refractivity contribution is 1.03. The SMILES string of the molecule is Cc1ncc(Cc2cnc[nH]2)[nH]1. The van der Waals surface area contributed by atoms with E-state index in [2.05, 4.69) is 19.9 Å². The van der Waals surface area contributed by atoms with Gasteiger partial charge in [-0.15, -0.1) is 0 Å². The molecule has 0 aliphatic heterocycles. The Morgan fingerprint density at radius 2 is 2.25 bits per heavy atom. The maximum absolute atomic E-state index is 4.11. The molecule has 2 N–H and O–H groups in total. The van der Waals surface area contributed by atoms with Gasteiger partial charge in [-0.2, -0.15) is 0 Å². The van der Waals surface area contributed by atoms with Crippen LogP contribution in [-0.2, 0) is 6.42 Å². The van der Waals surface area contributed by atoms with Crippen molar-refractivity contribution >= 4 is 0 Å². The Kier molecular flexibility index (Phi) is 1.66. The van der Waals surface area contributed by atoms with Gasteiger partial charge in [0.1, 0.15) is 5.82 Å². The Balaban J connectivity index is 2.14. The predicted octanol–water partition coefficient (Wildman–Crippen LogP) is 1.03. The number of aromatic amines is 2. The summed E-state index contributed by atoms with van der Waals surface area (Å²) in [7, 11) is 0. The molecule has 0 amide bonds. The number of H-pyrrole nitrogens is 2. The van der Waals surface area contributed by atoms with Crippen LogP contribution in [0.4, 0.5) is 0 Å². The average molecular weight is 162 g/mol. The van der Waals surface area contributed by atoms with Crippen molar-refractivity contribution in [2.24, 2.45) is 0 Å². The van der Waals surface area contributed by atoms with Crippen LogP contribution in [0.2, 0.25) is 0 Å². The van der Waals surface area contributed by atoms with Gasteiger partial charge < -0.3 is 9.97 Å². The second-order valence-electron chi connectivity index (χ2n) is 2.75. The number of aromatic nitrogens is 4. The van der Waals surface area contributed by atoms with Crippen molar-refractivity contribution < 1.29 is 0 Å². The fraction of sp³-hybridized carbons (Fsp3) is 0.250. The van der Waals surface area contributed by atoms with Gasteiger partial charge in [0.05, 0.1) is 6.33 Å². The third-order valence-electron chi connectivity index (χ3n) is 1.69. The summed E-state index contributed by atoms with van der Waals surface area (Å²) >= 11 is 0. The predicted molar refractivity (Wildman–Crippen MR) is 44.7 cm³/mol. The van der Waals surface area contributed by atoms with Crippen molar-refractivity contribution in [3.05, 3.63) is 35.9 Å². The molecule has 0 saturated heterocycles. The van der Waals surface area contributed by atoms with E-state index in [1.165, 1.54) is 0 Å². The standard InChI is InChI=1S/C8H10N4/c1-6-10-4-8(12-6)2-7-3-9-5-11-7/h3-5H,2H2,1H3,(H,9,11)(H,10,12). The molecule has 0 radical (unpaired) electrons. The zero-order chi connectivity index (χ0) is 8.39. The van der Waals surface area contributed by atoms with Gasteiger partial charge in [0.25, 0.3) is 0 Å². The molecule has 12 heavy (non-hydrogen) atoms. The molecule has 0 fully saturated rings. The Morgan fingerprint density at radius 1 is 1.33 bits per heavy atom. The topological polar surface area (TPSA) is 57.4 Å². The van der Waals surface area contributed by atoms with E-state index in [9.17, 15) is 0 Å². The first-order chi connectivity index (χ1) is 5.84. The van der Waals surface area contributed by atoms with Crippen molar-refractivity contribution in [3.8, 4) is 0 Å². The van der Waals surface area contributed by atoms with Crippen LogP contribution in [0.5, 0.6) is 0 Å². The Hall–Kier alpha value is -1.58. The smallest absolute Gasteiger partial charge is 0.103 e.